The fraction of sp³-hybridized carbons (Fsp3) is 0.364. The third-order valence-corrected chi connectivity index (χ3v) is 2.69. The van der Waals surface area contributed by atoms with Crippen LogP contribution in [0.15, 0.2) is 30.9 Å². The highest BCUT2D eigenvalue weighted by atomic mass is 32.2. The van der Waals surface area contributed by atoms with Crippen LogP contribution in [0.25, 0.3) is 0 Å². The van der Waals surface area contributed by atoms with Gasteiger partial charge in [0.15, 0.2) is 0 Å². The highest BCUT2D eigenvalue weighted by molar-refractivity contribution is 7.99. The Balaban J connectivity index is 2.27. The van der Waals surface area contributed by atoms with Crippen LogP contribution in [-0.4, -0.2) is 30.1 Å². The Kier molecular flexibility index (Phi) is 5.70. The second-order valence-corrected chi connectivity index (χ2v) is 4.01. The standard InChI is InChI=1S/C11H16N2OS/c1-3-8-15-9-7-12-10-5-4-6-11(13-10)14-2/h3-6H,1,7-9H2,2H3,(H,12,13). The first-order chi connectivity index (χ1) is 7.36. The van der Waals surface area contributed by atoms with Crippen LogP contribution in [0, 0.1) is 0 Å². The molecule has 0 fully saturated rings. The predicted molar refractivity (Wildman–Crippen MR) is 66.8 cm³/mol. The van der Waals surface area contributed by atoms with Crippen molar-refractivity contribution in [3.63, 3.8) is 0 Å². The molecule has 4 heteroatoms. The lowest BCUT2D eigenvalue weighted by Crippen LogP contribution is -2.06. The molecule has 0 atom stereocenters. The van der Waals surface area contributed by atoms with Crippen molar-refractivity contribution in [3.8, 4) is 5.88 Å². The fourth-order valence-electron chi connectivity index (χ4n) is 1.04. The molecular formula is C11H16N2OS. The molecule has 0 saturated carbocycles. The highest BCUT2D eigenvalue weighted by Crippen LogP contribution is 2.10. The number of ether oxygens (including phenoxy) is 1. The van der Waals surface area contributed by atoms with Crippen molar-refractivity contribution in [1.82, 2.24) is 4.98 Å². The molecule has 0 amide bonds. The van der Waals surface area contributed by atoms with Gasteiger partial charge in [0.05, 0.1) is 7.11 Å². The lowest BCUT2D eigenvalue weighted by atomic mass is 10.4. The van der Waals surface area contributed by atoms with E-state index in [-0.39, 0.29) is 0 Å². The van der Waals surface area contributed by atoms with Crippen LogP contribution in [0.1, 0.15) is 0 Å². The summed E-state index contributed by atoms with van der Waals surface area (Å²) in [5.41, 5.74) is 0. The minimum absolute atomic E-state index is 0.638. The maximum atomic E-state index is 5.03. The monoisotopic (exact) mass is 224 g/mol. The van der Waals surface area contributed by atoms with Crippen molar-refractivity contribution in [2.45, 2.75) is 0 Å². The summed E-state index contributed by atoms with van der Waals surface area (Å²) in [6.45, 7) is 4.57. The molecule has 0 unspecified atom stereocenters. The molecule has 0 aromatic carbocycles. The van der Waals surface area contributed by atoms with Gasteiger partial charge in [-0.25, -0.2) is 0 Å². The first-order valence-electron chi connectivity index (χ1n) is 4.80. The predicted octanol–water partition coefficient (Wildman–Crippen LogP) is 2.42. The highest BCUT2D eigenvalue weighted by Gasteiger charge is 1.95. The van der Waals surface area contributed by atoms with Crippen molar-refractivity contribution in [1.29, 1.82) is 0 Å². The van der Waals surface area contributed by atoms with E-state index in [9.17, 15) is 0 Å². The normalized spacial score (nSPS) is 9.67. The molecule has 15 heavy (non-hydrogen) atoms. The molecule has 0 bridgehead atoms. The maximum Gasteiger partial charge on any atom is 0.214 e. The molecule has 1 heterocycles. The third kappa shape index (κ3) is 4.74. The van der Waals surface area contributed by atoms with Crippen LogP contribution < -0.4 is 10.1 Å². The van der Waals surface area contributed by atoms with Gasteiger partial charge in [0.2, 0.25) is 5.88 Å². The van der Waals surface area contributed by atoms with Crippen molar-refractivity contribution >= 4 is 17.6 Å². The van der Waals surface area contributed by atoms with Crippen LogP contribution in [0.3, 0.4) is 0 Å². The Labute approximate surface area is 94.9 Å². The first kappa shape index (κ1) is 11.9. The molecule has 0 aliphatic carbocycles. The lowest BCUT2D eigenvalue weighted by molar-refractivity contribution is 0.398. The summed E-state index contributed by atoms with van der Waals surface area (Å²) in [5.74, 6) is 3.53. The summed E-state index contributed by atoms with van der Waals surface area (Å²) in [6.07, 6.45) is 1.91. The number of anilines is 1. The second-order valence-electron chi connectivity index (χ2n) is 2.86. The van der Waals surface area contributed by atoms with Gasteiger partial charge in [0, 0.05) is 24.1 Å². The van der Waals surface area contributed by atoms with E-state index in [0.29, 0.717) is 5.88 Å². The van der Waals surface area contributed by atoms with E-state index in [4.69, 9.17) is 4.74 Å². The molecule has 1 N–H and O–H groups in total. The number of thioether (sulfide) groups is 1. The average molecular weight is 224 g/mol. The molecule has 0 spiro atoms. The summed E-state index contributed by atoms with van der Waals surface area (Å²) in [4.78, 5) is 4.25. The van der Waals surface area contributed by atoms with Crippen molar-refractivity contribution in [3.05, 3.63) is 30.9 Å². The van der Waals surface area contributed by atoms with Gasteiger partial charge in [-0.1, -0.05) is 12.1 Å². The Morgan fingerprint density at radius 1 is 1.60 bits per heavy atom. The molecular weight excluding hydrogens is 208 g/mol. The summed E-state index contributed by atoms with van der Waals surface area (Å²) >= 11 is 1.84. The Morgan fingerprint density at radius 2 is 2.47 bits per heavy atom. The fourth-order valence-corrected chi connectivity index (χ4v) is 1.62. The van der Waals surface area contributed by atoms with Crippen LogP contribution in [0.5, 0.6) is 5.88 Å². The SMILES string of the molecule is C=CCSCCNc1cccc(OC)n1. The zero-order chi connectivity index (χ0) is 10.9. The number of nitrogens with one attached hydrogen (secondary N) is 1. The van der Waals surface area contributed by atoms with E-state index in [1.165, 1.54) is 0 Å². The van der Waals surface area contributed by atoms with Gasteiger partial charge in [0.1, 0.15) is 5.82 Å². The zero-order valence-electron chi connectivity index (χ0n) is 8.90. The Bertz CT molecular complexity index is 304. The largest absolute Gasteiger partial charge is 0.481 e. The van der Waals surface area contributed by atoms with Crippen LogP contribution in [0.2, 0.25) is 0 Å². The van der Waals surface area contributed by atoms with Crippen LogP contribution >= 0.6 is 11.8 Å². The third-order valence-electron chi connectivity index (χ3n) is 1.72. The molecule has 3 nitrogen and oxygen atoms in total. The molecule has 1 rings (SSSR count). The molecule has 1 aromatic rings. The van der Waals surface area contributed by atoms with Gasteiger partial charge in [-0.15, -0.1) is 6.58 Å². The topological polar surface area (TPSA) is 34.1 Å². The van der Waals surface area contributed by atoms with E-state index in [1.54, 1.807) is 7.11 Å². The number of pyridine rings is 1. The van der Waals surface area contributed by atoms with Crippen LogP contribution in [0.4, 0.5) is 5.82 Å². The molecule has 0 radical (unpaired) electrons. The number of methoxy groups -OCH3 is 1. The Hall–Kier alpha value is -1.16. The van der Waals surface area contributed by atoms with Gasteiger partial charge in [0.25, 0.3) is 0 Å². The van der Waals surface area contributed by atoms with E-state index in [2.05, 4.69) is 16.9 Å². The molecule has 0 saturated heterocycles. The van der Waals surface area contributed by atoms with Gasteiger partial charge in [-0.05, 0) is 6.07 Å². The van der Waals surface area contributed by atoms with Gasteiger partial charge >= 0.3 is 0 Å². The quantitative estimate of drug-likeness (QED) is 0.570. The van der Waals surface area contributed by atoms with Crippen molar-refractivity contribution < 1.29 is 4.74 Å². The molecule has 0 aliphatic rings. The minimum Gasteiger partial charge on any atom is -0.481 e. The van der Waals surface area contributed by atoms with E-state index >= 15 is 0 Å². The minimum atomic E-state index is 0.638. The van der Waals surface area contributed by atoms with Gasteiger partial charge < -0.3 is 10.1 Å². The number of aromatic nitrogens is 1. The Morgan fingerprint density at radius 3 is 3.20 bits per heavy atom. The number of rotatable bonds is 7. The van der Waals surface area contributed by atoms with Gasteiger partial charge in [-0.2, -0.15) is 16.7 Å². The van der Waals surface area contributed by atoms with Crippen molar-refractivity contribution in [2.24, 2.45) is 0 Å². The summed E-state index contributed by atoms with van der Waals surface area (Å²) in [6, 6.07) is 5.68. The van der Waals surface area contributed by atoms with E-state index in [0.717, 1.165) is 23.9 Å². The molecule has 0 aliphatic heterocycles. The zero-order valence-corrected chi connectivity index (χ0v) is 9.72. The number of hydrogen-bond acceptors (Lipinski definition) is 4. The maximum absolute atomic E-state index is 5.03. The average Bonchev–Trinajstić information content (AvgIpc) is 2.29. The van der Waals surface area contributed by atoms with E-state index in [1.807, 2.05) is 36.0 Å². The number of nitrogens with zero attached hydrogens (tertiary/aromatic N) is 1. The molecule has 82 valence electrons. The summed E-state index contributed by atoms with van der Waals surface area (Å²) in [5, 5.41) is 3.23. The summed E-state index contributed by atoms with van der Waals surface area (Å²) < 4.78 is 5.03. The second kappa shape index (κ2) is 7.17. The smallest absolute Gasteiger partial charge is 0.214 e. The van der Waals surface area contributed by atoms with E-state index < -0.39 is 0 Å². The summed E-state index contributed by atoms with van der Waals surface area (Å²) in [7, 11) is 1.62. The molecule has 1 aromatic heterocycles. The van der Waals surface area contributed by atoms with Crippen molar-refractivity contribution in [2.75, 3.05) is 30.5 Å². The van der Waals surface area contributed by atoms with Gasteiger partial charge in [-0.3, -0.25) is 0 Å². The first-order valence-corrected chi connectivity index (χ1v) is 5.96. The van der Waals surface area contributed by atoms with Crippen LogP contribution in [-0.2, 0) is 0 Å². The lowest BCUT2D eigenvalue weighted by Gasteiger charge is -2.05. The number of hydrogen-bond donors (Lipinski definition) is 1.